The molecule has 128 valence electrons. The molecule has 1 aromatic heterocycles. The van der Waals surface area contributed by atoms with Crippen molar-refractivity contribution < 1.29 is 9.53 Å². The molecule has 0 saturated carbocycles. The Morgan fingerprint density at radius 3 is 2.62 bits per heavy atom. The first kappa shape index (κ1) is 16.9. The summed E-state index contributed by atoms with van der Waals surface area (Å²) in [7, 11) is 1.60. The minimum atomic E-state index is -0.389. The summed E-state index contributed by atoms with van der Waals surface area (Å²) in [6, 6.07) is 17.6. The topological polar surface area (TPSA) is 99.9 Å². The molecule has 3 rings (SSSR count). The third kappa shape index (κ3) is 4.13. The van der Waals surface area contributed by atoms with E-state index in [2.05, 4.69) is 20.6 Å². The van der Waals surface area contributed by atoms with Gasteiger partial charge in [0.05, 0.1) is 18.7 Å². The Bertz CT molecular complexity index is 964. The van der Waals surface area contributed by atoms with Crippen molar-refractivity contribution in [1.29, 1.82) is 5.26 Å². The van der Waals surface area contributed by atoms with Gasteiger partial charge in [-0.25, -0.2) is 9.97 Å². The lowest BCUT2D eigenvalue weighted by atomic mass is 10.2. The zero-order chi connectivity index (χ0) is 18.4. The molecule has 1 heterocycles. The average molecular weight is 345 g/mol. The number of nitriles is 1. The fourth-order valence-corrected chi connectivity index (χ4v) is 2.23. The van der Waals surface area contributed by atoms with Gasteiger partial charge >= 0.3 is 0 Å². The van der Waals surface area contributed by atoms with Crippen LogP contribution in [0.3, 0.4) is 0 Å². The number of methoxy groups -OCH3 is 1. The molecule has 2 aromatic carbocycles. The third-order valence-corrected chi connectivity index (χ3v) is 3.51. The van der Waals surface area contributed by atoms with E-state index in [-0.39, 0.29) is 11.6 Å². The number of rotatable bonds is 5. The van der Waals surface area contributed by atoms with Crippen molar-refractivity contribution >= 4 is 23.1 Å². The number of hydrogen-bond acceptors (Lipinski definition) is 6. The van der Waals surface area contributed by atoms with Crippen LogP contribution in [0.25, 0.3) is 0 Å². The number of ether oxygens (including phenoxy) is 1. The van der Waals surface area contributed by atoms with E-state index in [1.807, 2.05) is 30.3 Å². The number of carbonyl (C=O) groups is 1. The van der Waals surface area contributed by atoms with E-state index in [0.29, 0.717) is 17.1 Å². The molecule has 1 amide bonds. The minimum Gasteiger partial charge on any atom is -0.497 e. The maximum atomic E-state index is 12.4. The third-order valence-electron chi connectivity index (χ3n) is 3.51. The number of benzene rings is 2. The number of hydrogen-bond donors (Lipinski definition) is 2. The van der Waals surface area contributed by atoms with E-state index in [4.69, 9.17) is 10.00 Å². The van der Waals surface area contributed by atoms with E-state index >= 15 is 0 Å². The molecule has 0 unspecified atom stereocenters. The quantitative estimate of drug-likeness (QED) is 0.735. The number of nitrogens with one attached hydrogen (secondary N) is 2. The Morgan fingerprint density at radius 2 is 1.88 bits per heavy atom. The summed E-state index contributed by atoms with van der Waals surface area (Å²) in [5.41, 5.74) is 2.00. The van der Waals surface area contributed by atoms with E-state index < -0.39 is 0 Å². The maximum Gasteiger partial charge on any atom is 0.274 e. The monoisotopic (exact) mass is 345 g/mol. The van der Waals surface area contributed by atoms with E-state index in [0.717, 1.165) is 11.4 Å². The largest absolute Gasteiger partial charge is 0.497 e. The molecular weight excluding hydrogens is 330 g/mol. The lowest BCUT2D eigenvalue weighted by molar-refractivity contribution is 0.102. The van der Waals surface area contributed by atoms with Gasteiger partial charge in [-0.05, 0) is 42.5 Å². The van der Waals surface area contributed by atoms with Crippen molar-refractivity contribution in [2.75, 3.05) is 17.7 Å². The SMILES string of the molecule is COc1ccc(Nc2cc(C(=O)Nc3cccc(C#N)c3)ncn2)cc1. The predicted octanol–water partition coefficient (Wildman–Crippen LogP) is 3.35. The van der Waals surface area contributed by atoms with Crippen molar-refractivity contribution in [1.82, 2.24) is 9.97 Å². The van der Waals surface area contributed by atoms with Crippen molar-refractivity contribution in [2.45, 2.75) is 0 Å². The first-order valence-corrected chi connectivity index (χ1v) is 7.72. The number of amides is 1. The van der Waals surface area contributed by atoms with Crippen molar-refractivity contribution in [3.05, 3.63) is 72.2 Å². The molecule has 0 saturated heterocycles. The molecule has 2 N–H and O–H groups in total. The van der Waals surface area contributed by atoms with Gasteiger partial charge in [0.15, 0.2) is 0 Å². The number of carbonyl (C=O) groups excluding carboxylic acids is 1. The predicted molar refractivity (Wildman–Crippen MR) is 97.4 cm³/mol. The average Bonchev–Trinajstić information content (AvgIpc) is 2.69. The molecule has 7 heteroatoms. The van der Waals surface area contributed by atoms with Gasteiger partial charge in [-0.2, -0.15) is 5.26 Å². The van der Waals surface area contributed by atoms with Crippen LogP contribution in [0, 0.1) is 11.3 Å². The van der Waals surface area contributed by atoms with E-state index in [1.54, 1.807) is 37.4 Å². The molecule has 7 nitrogen and oxygen atoms in total. The second-order valence-corrected chi connectivity index (χ2v) is 5.29. The Hall–Kier alpha value is -3.92. The number of anilines is 3. The molecule has 3 aromatic rings. The van der Waals surface area contributed by atoms with Crippen LogP contribution >= 0.6 is 0 Å². The van der Waals surface area contributed by atoms with Gasteiger partial charge in [0.2, 0.25) is 0 Å². The van der Waals surface area contributed by atoms with Crippen LogP contribution in [0.5, 0.6) is 5.75 Å². The second kappa shape index (κ2) is 7.77. The Balaban J connectivity index is 1.73. The first-order chi connectivity index (χ1) is 12.7. The van der Waals surface area contributed by atoms with Crippen LogP contribution in [-0.4, -0.2) is 23.0 Å². The Kier molecular flexibility index (Phi) is 5.05. The van der Waals surface area contributed by atoms with E-state index in [9.17, 15) is 4.79 Å². The van der Waals surface area contributed by atoms with Crippen LogP contribution < -0.4 is 15.4 Å². The van der Waals surface area contributed by atoms with Crippen molar-refractivity contribution in [3.63, 3.8) is 0 Å². The molecule has 0 spiro atoms. The lowest BCUT2D eigenvalue weighted by Gasteiger charge is -2.08. The molecule has 0 bridgehead atoms. The Morgan fingerprint density at radius 1 is 1.08 bits per heavy atom. The molecular formula is C19H15N5O2. The van der Waals surface area contributed by atoms with Gasteiger partial charge in [-0.1, -0.05) is 6.07 Å². The van der Waals surface area contributed by atoms with Crippen molar-refractivity contribution in [2.24, 2.45) is 0 Å². The van der Waals surface area contributed by atoms with Gasteiger partial charge in [0, 0.05) is 17.4 Å². The second-order valence-electron chi connectivity index (χ2n) is 5.29. The van der Waals surface area contributed by atoms with E-state index in [1.165, 1.54) is 6.33 Å². The number of nitrogens with zero attached hydrogens (tertiary/aromatic N) is 3. The standard InChI is InChI=1S/C19H15N5O2/c1-26-16-7-5-14(6-8-16)23-18-10-17(21-12-22-18)19(25)24-15-4-2-3-13(9-15)11-20/h2-10,12H,1H3,(H,24,25)(H,21,22,23). The van der Waals surface area contributed by atoms with Crippen LogP contribution in [0.1, 0.15) is 16.1 Å². The highest BCUT2D eigenvalue weighted by molar-refractivity contribution is 6.03. The molecule has 0 aliphatic heterocycles. The highest BCUT2D eigenvalue weighted by Gasteiger charge is 2.10. The highest BCUT2D eigenvalue weighted by atomic mass is 16.5. The summed E-state index contributed by atoms with van der Waals surface area (Å²) in [6.07, 6.45) is 1.31. The van der Waals surface area contributed by atoms with Crippen LogP contribution in [0.15, 0.2) is 60.9 Å². The molecule has 0 radical (unpaired) electrons. The normalized spacial score (nSPS) is 9.85. The summed E-state index contributed by atoms with van der Waals surface area (Å²) in [4.78, 5) is 20.5. The summed E-state index contributed by atoms with van der Waals surface area (Å²) in [6.45, 7) is 0. The van der Waals surface area contributed by atoms with Gasteiger partial charge in [0.25, 0.3) is 5.91 Å². The highest BCUT2D eigenvalue weighted by Crippen LogP contribution is 2.19. The van der Waals surface area contributed by atoms with Crippen LogP contribution in [0.2, 0.25) is 0 Å². The molecule has 26 heavy (non-hydrogen) atoms. The van der Waals surface area contributed by atoms with Gasteiger partial charge in [-0.3, -0.25) is 4.79 Å². The molecule has 0 atom stereocenters. The summed E-state index contributed by atoms with van der Waals surface area (Å²) >= 11 is 0. The van der Waals surface area contributed by atoms with Gasteiger partial charge < -0.3 is 15.4 Å². The van der Waals surface area contributed by atoms with Gasteiger partial charge in [-0.15, -0.1) is 0 Å². The maximum absolute atomic E-state index is 12.4. The zero-order valence-corrected chi connectivity index (χ0v) is 13.9. The van der Waals surface area contributed by atoms with Crippen molar-refractivity contribution in [3.8, 4) is 11.8 Å². The van der Waals surface area contributed by atoms with Crippen LogP contribution in [-0.2, 0) is 0 Å². The lowest BCUT2D eigenvalue weighted by Crippen LogP contribution is -2.14. The Labute approximate surface area is 150 Å². The summed E-state index contributed by atoms with van der Waals surface area (Å²) in [5, 5.41) is 14.7. The van der Waals surface area contributed by atoms with Crippen LogP contribution in [0.4, 0.5) is 17.2 Å². The summed E-state index contributed by atoms with van der Waals surface area (Å²) < 4.78 is 5.12. The minimum absolute atomic E-state index is 0.207. The smallest absolute Gasteiger partial charge is 0.274 e. The number of aromatic nitrogens is 2. The fourth-order valence-electron chi connectivity index (χ4n) is 2.23. The fraction of sp³-hybridized carbons (Fsp3) is 0.0526. The molecule has 0 aliphatic carbocycles. The zero-order valence-electron chi connectivity index (χ0n) is 13.9. The summed E-state index contributed by atoms with van der Waals surface area (Å²) in [5.74, 6) is 0.847. The molecule has 0 fully saturated rings. The molecule has 0 aliphatic rings. The van der Waals surface area contributed by atoms with Gasteiger partial charge in [0.1, 0.15) is 23.6 Å². The first-order valence-electron chi connectivity index (χ1n) is 7.72.